The molecule has 3 nitrogen and oxygen atoms in total. The predicted octanol–water partition coefficient (Wildman–Crippen LogP) is 1.90. The largest absolute Gasteiger partial charge is 0.355 e. The van der Waals surface area contributed by atoms with Crippen LogP contribution in [0.1, 0.15) is 18.9 Å². The first kappa shape index (κ1) is 14.5. The van der Waals surface area contributed by atoms with E-state index in [9.17, 15) is 4.79 Å². The molecule has 98 valence electrons. The molecular weight excluding hydrogens is 224 g/mol. The van der Waals surface area contributed by atoms with Crippen molar-refractivity contribution < 1.29 is 4.79 Å². The summed E-state index contributed by atoms with van der Waals surface area (Å²) < 4.78 is 0. The van der Waals surface area contributed by atoms with Gasteiger partial charge in [0.1, 0.15) is 0 Å². The molecule has 0 aliphatic rings. The Balaban J connectivity index is 2.14. The Bertz CT molecular complexity index is 362. The number of benzene rings is 1. The number of nitrogens with one attached hydrogen (secondary N) is 2. The molecule has 1 aromatic carbocycles. The Labute approximate surface area is 109 Å². The van der Waals surface area contributed by atoms with Gasteiger partial charge in [0.25, 0.3) is 0 Å². The van der Waals surface area contributed by atoms with Gasteiger partial charge in [-0.15, -0.1) is 6.58 Å². The lowest BCUT2D eigenvalue weighted by Crippen LogP contribution is -2.42. The van der Waals surface area contributed by atoms with Gasteiger partial charge in [-0.05, 0) is 25.3 Å². The van der Waals surface area contributed by atoms with Crippen LogP contribution in [0.15, 0.2) is 43.0 Å². The first-order valence-electron chi connectivity index (χ1n) is 6.40. The van der Waals surface area contributed by atoms with Crippen molar-refractivity contribution in [2.45, 2.75) is 25.8 Å². The maximum atomic E-state index is 11.7. The van der Waals surface area contributed by atoms with Gasteiger partial charge in [-0.1, -0.05) is 36.4 Å². The molecule has 2 N–H and O–H groups in total. The van der Waals surface area contributed by atoms with E-state index >= 15 is 0 Å². The van der Waals surface area contributed by atoms with E-state index < -0.39 is 0 Å². The Kier molecular flexibility index (Phi) is 6.81. The van der Waals surface area contributed by atoms with Crippen LogP contribution in [0.2, 0.25) is 0 Å². The number of carbonyl (C=O) groups is 1. The van der Waals surface area contributed by atoms with Crippen LogP contribution in [-0.2, 0) is 11.2 Å². The van der Waals surface area contributed by atoms with E-state index in [-0.39, 0.29) is 11.9 Å². The molecule has 0 saturated heterocycles. The zero-order chi connectivity index (χ0) is 13.2. The Morgan fingerprint density at radius 1 is 1.39 bits per heavy atom. The summed E-state index contributed by atoms with van der Waals surface area (Å²) >= 11 is 0. The molecule has 0 aromatic heterocycles. The molecule has 0 unspecified atom stereocenters. The van der Waals surface area contributed by atoms with E-state index in [2.05, 4.69) is 29.3 Å². The molecule has 1 rings (SSSR count). The van der Waals surface area contributed by atoms with E-state index in [0.717, 1.165) is 12.8 Å². The van der Waals surface area contributed by atoms with Gasteiger partial charge >= 0.3 is 0 Å². The number of amides is 1. The minimum Gasteiger partial charge on any atom is -0.355 e. The number of carbonyl (C=O) groups excluding carboxylic acids is 1. The van der Waals surface area contributed by atoms with Crippen molar-refractivity contribution in [1.82, 2.24) is 10.6 Å². The van der Waals surface area contributed by atoms with Crippen molar-refractivity contribution in [2.75, 3.05) is 13.1 Å². The molecule has 0 heterocycles. The summed E-state index contributed by atoms with van der Waals surface area (Å²) in [6.07, 6.45) is 3.71. The number of hydrogen-bond donors (Lipinski definition) is 2. The quantitative estimate of drug-likeness (QED) is 0.543. The number of hydrogen-bond acceptors (Lipinski definition) is 2. The summed E-state index contributed by atoms with van der Waals surface area (Å²) in [6.45, 7) is 6.83. The van der Waals surface area contributed by atoms with E-state index in [1.165, 1.54) is 5.56 Å². The second-order valence-corrected chi connectivity index (χ2v) is 4.30. The third kappa shape index (κ3) is 5.64. The molecule has 1 atom stereocenters. The molecule has 1 aromatic rings. The maximum absolute atomic E-state index is 11.7. The second kappa shape index (κ2) is 8.48. The monoisotopic (exact) mass is 246 g/mol. The molecule has 3 heteroatoms. The fourth-order valence-electron chi connectivity index (χ4n) is 1.65. The van der Waals surface area contributed by atoms with Gasteiger partial charge < -0.3 is 10.6 Å². The molecule has 0 spiro atoms. The lowest BCUT2D eigenvalue weighted by molar-refractivity contribution is -0.122. The van der Waals surface area contributed by atoms with Crippen molar-refractivity contribution in [1.29, 1.82) is 0 Å². The van der Waals surface area contributed by atoms with Gasteiger partial charge in [0.05, 0.1) is 6.04 Å². The van der Waals surface area contributed by atoms with Crippen molar-refractivity contribution in [2.24, 2.45) is 0 Å². The summed E-state index contributed by atoms with van der Waals surface area (Å²) in [5.41, 5.74) is 1.31. The molecule has 0 bridgehead atoms. The highest BCUT2D eigenvalue weighted by molar-refractivity contribution is 5.81. The average Bonchev–Trinajstić information content (AvgIpc) is 2.41. The lowest BCUT2D eigenvalue weighted by atomic mass is 10.1. The highest BCUT2D eigenvalue weighted by atomic mass is 16.2. The van der Waals surface area contributed by atoms with Crippen LogP contribution in [0.3, 0.4) is 0 Å². The summed E-state index contributed by atoms with van der Waals surface area (Å²) in [7, 11) is 0. The van der Waals surface area contributed by atoms with Crippen LogP contribution in [0.5, 0.6) is 0 Å². The van der Waals surface area contributed by atoms with Gasteiger partial charge in [-0.3, -0.25) is 4.79 Å². The number of aryl methyl sites for hydroxylation is 1. The van der Waals surface area contributed by atoms with Crippen molar-refractivity contribution in [3.8, 4) is 0 Å². The topological polar surface area (TPSA) is 41.1 Å². The fourth-order valence-corrected chi connectivity index (χ4v) is 1.65. The van der Waals surface area contributed by atoms with E-state index in [1.807, 2.05) is 25.1 Å². The predicted molar refractivity (Wildman–Crippen MR) is 75.4 cm³/mol. The van der Waals surface area contributed by atoms with Gasteiger partial charge in [-0.25, -0.2) is 0 Å². The first-order chi connectivity index (χ1) is 8.74. The van der Waals surface area contributed by atoms with Crippen LogP contribution < -0.4 is 10.6 Å². The molecule has 18 heavy (non-hydrogen) atoms. The fraction of sp³-hybridized carbons (Fsp3) is 0.400. The van der Waals surface area contributed by atoms with Crippen LogP contribution in [0.4, 0.5) is 0 Å². The zero-order valence-corrected chi connectivity index (χ0v) is 11.0. The molecule has 0 saturated carbocycles. The van der Waals surface area contributed by atoms with Crippen molar-refractivity contribution >= 4 is 5.91 Å². The summed E-state index contributed by atoms with van der Waals surface area (Å²) in [6, 6.07) is 10.1. The first-order valence-corrected chi connectivity index (χ1v) is 6.40. The Morgan fingerprint density at radius 2 is 2.11 bits per heavy atom. The molecule has 0 aliphatic carbocycles. The van der Waals surface area contributed by atoms with E-state index in [0.29, 0.717) is 13.1 Å². The SMILES string of the molecule is C=CCN[C@H](C)C(=O)NCCCc1ccccc1. The van der Waals surface area contributed by atoms with Gasteiger partial charge in [0.2, 0.25) is 5.91 Å². The molecule has 0 aliphatic heterocycles. The lowest BCUT2D eigenvalue weighted by Gasteiger charge is -2.12. The van der Waals surface area contributed by atoms with Gasteiger partial charge in [-0.2, -0.15) is 0 Å². The number of rotatable bonds is 8. The highest BCUT2D eigenvalue weighted by Gasteiger charge is 2.09. The Morgan fingerprint density at radius 3 is 2.78 bits per heavy atom. The average molecular weight is 246 g/mol. The zero-order valence-electron chi connectivity index (χ0n) is 11.0. The van der Waals surface area contributed by atoms with Crippen molar-refractivity contribution in [3.63, 3.8) is 0 Å². The minimum atomic E-state index is -0.167. The molecule has 1 amide bonds. The van der Waals surface area contributed by atoms with E-state index in [4.69, 9.17) is 0 Å². The van der Waals surface area contributed by atoms with Gasteiger partial charge in [0.15, 0.2) is 0 Å². The van der Waals surface area contributed by atoms with Gasteiger partial charge in [0, 0.05) is 13.1 Å². The third-order valence-electron chi connectivity index (χ3n) is 2.75. The maximum Gasteiger partial charge on any atom is 0.236 e. The normalized spacial score (nSPS) is 11.8. The highest BCUT2D eigenvalue weighted by Crippen LogP contribution is 2.01. The summed E-state index contributed by atoms with van der Waals surface area (Å²) in [5, 5.41) is 5.99. The molecular formula is C15H22N2O. The summed E-state index contributed by atoms with van der Waals surface area (Å²) in [5.74, 6) is 0.0462. The molecule has 0 radical (unpaired) electrons. The standard InChI is InChI=1S/C15H22N2O/c1-3-11-16-13(2)15(18)17-12-7-10-14-8-5-4-6-9-14/h3-6,8-9,13,16H,1,7,10-12H2,2H3,(H,17,18)/t13-/m1/s1. The van der Waals surface area contributed by atoms with Crippen LogP contribution in [-0.4, -0.2) is 25.0 Å². The summed E-state index contributed by atoms with van der Waals surface area (Å²) in [4.78, 5) is 11.7. The van der Waals surface area contributed by atoms with Crippen LogP contribution in [0, 0.1) is 0 Å². The van der Waals surface area contributed by atoms with Crippen LogP contribution >= 0.6 is 0 Å². The molecule has 0 fully saturated rings. The third-order valence-corrected chi connectivity index (χ3v) is 2.75. The Hall–Kier alpha value is -1.61. The van der Waals surface area contributed by atoms with Crippen molar-refractivity contribution in [3.05, 3.63) is 48.6 Å². The minimum absolute atomic E-state index is 0.0462. The smallest absolute Gasteiger partial charge is 0.236 e. The second-order valence-electron chi connectivity index (χ2n) is 4.30. The van der Waals surface area contributed by atoms with Crippen LogP contribution in [0.25, 0.3) is 0 Å². The van der Waals surface area contributed by atoms with E-state index in [1.54, 1.807) is 6.08 Å².